The highest BCUT2D eigenvalue weighted by Crippen LogP contribution is 2.24. The number of nitrogens with zero attached hydrogens (tertiary/aromatic N) is 3. The van der Waals surface area contributed by atoms with Gasteiger partial charge in [-0.05, 0) is 12.1 Å². The van der Waals surface area contributed by atoms with Crippen LogP contribution in [0.5, 0.6) is 0 Å². The van der Waals surface area contributed by atoms with Crippen LogP contribution < -0.4 is 16.0 Å². The van der Waals surface area contributed by atoms with Gasteiger partial charge in [-0.25, -0.2) is 0 Å². The van der Waals surface area contributed by atoms with Crippen LogP contribution >= 0.6 is 0 Å². The minimum Gasteiger partial charge on any atom is -0.396 e. The number of carbonyl (C=O) groups is 1. The maximum absolute atomic E-state index is 12.2. The number of hydrogen-bond acceptors (Lipinski definition) is 4. The average molecular weight is 259 g/mol. The van der Waals surface area contributed by atoms with E-state index in [4.69, 9.17) is 5.73 Å². The number of rotatable bonds is 3. The number of amides is 1. The largest absolute Gasteiger partial charge is 0.396 e. The Morgan fingerprint density at radius 3 is 2.63 bits per heavy atom. The summed E-state index contributed by atoms with van der Waals surface area (Å²) in [7, 11) is 5.52. The van der Waals surface area contributed by atoms with E-state index in [1.54, 1.807) is 7.05 Å². The van der Waals surface area contributed by atoms with E-state index in [1.807, 2.05) is 43.3 Å². The van der Waals surface area contributed by atoms with Gasteiger partial charge in [0.15, 0.2) is 0 Å². The summed E-state index contributed by atoms with van der Waals surface area (Å²) < 4.78 is 1.46. The number of aryl methyl sites for hydroxylation is 1. The van der Waals surface area contributed by atoms with Crippen molar-refractivity contribution in [2.45, 2.75) is 0 Å². The standard InChI is InChI=1S/C13H17N5O/c1-17(2)11-7-5-4-6-10(11)16-13(19)12-9(14)8-15-18(12)3/h4-8H,14H2,1-3H3,(H,16,19). The van der Waals surface area contributed by atoms with Crippen LogP contribution in [0.15, 0.2) is 30.5 Å². The molecule has 0 atom stereocenters. The van der Waals surface area contributed by atoms with Gasteiger partial charge < -0.3 is 16.0 Å². The topological polar surface area (TPSA) is 76.2 Å². The third-order valence-electron chi connectivity index (χ3n) is 2.82. The maximum Gasteiger partial charge on any atom is 0.276 e. The highest BCUT2D eigenvalue weighted by molar-refractivity contribution is 6.07. The molecule has 0 radical (unpaired) electrons. The molecule has 0 aliphatic carbocycles. The van der Waals surface area contributed by atoms with Crippen LogP contribution in [0.1, 0.15) is 10.5 Å². The second kappa shape index (κ2) is 5.01. The highest BCUT2D eigenvalue weighted by atomic mass is 16.2. The predicted molar refractivity (Wildman–Crippen MR) is 76.3 cm³/mol. The van der Waals surface area contributed by atoms with Crippen LogP contribution in [0.4, 0.5) is 17.1 Å². The summed E-state index contributed by atoms with van der Waals surface area (Å²) in [6, 6.07) is 7.57. The lowest BCUT2D eigenvalue weighted by atomic mass is 10.2. The first kappa shape index (κ1) is 12.9. The molecule has 1 amide bonds. The van der Waals surface area contributed by atoms with Crippen molar-refractivity contribution in [2.24, 2.45) is 7.05 Å². The predicted octanol–water partition coefficient (Wildman–Crippen LogP) is 1.32. The molecular formula is C13H17N5O. The van der Waals surface area contributed by atoms with E-state index < -0.39 is 0 Å². The van der Waals surface area contributed by atoms with Crippen molar-refractivity contribution >= 4 is 23.0 Å². The molecule has 1 heterocycles. The Morgan fingerprint density at radius 2 is 2.05 bits per heavy atom. The summed E-state index contributed by atoms with van der Waals surface area (Å²) >= 11 is 0. The zero-order valence-corrected chi connectivity index (χ0v) is 11.2. The van der Waals surface area contributed by atoms with Crippen molar-refractivity contribution in [3.8, 4) is 0 Å². The van der Waals surface area contributed by atoms with Crippen LogP contribution in [0.2, 0.25) is 0 Å². The Morgan fingerprint density at radius 1 is 1.37 bits per heavy atom. The fourth-order valence-electron chi connectivity index (χ4n) is 1.88. The molecule has 0 spiro atoms. The number of nitrogens with one attached hydrogen (secondary N) is 1. The third-order valence-corrected chi connectivity index (χ3v) is 2.82. The fraction of sp³-hybridized carbons (Fsp3) is 0.231. The summed E-state index contributed by atoms with van der Waals surface area (Å²) in [6.45, 7) is 0. The van der Waals surface area contributed by atoms with Crippen LogP contribution in [-0.2, 0) is 7.05 Å². The van der Waals surface area contributed by atoms with Gasteiger partial charge in [0.25, 0.3) is 5.91 Å². The van der Waals surface area contributed by atoms with E-state index in [2.05, 4.69) is 10.4 Å². The van der Waals surface area contributed by atoms with Crippen LogP contribution in [0, 0.1) is 0 Å². The number of carbonyl (C=O) groups excluding carboxylic acids is 1. The van der Waals surface area contributed by atoms with Crippen molar-refractivity contribution in [3.05, 3.63) is 36.2 Å². The Hall–Kier alpha value is -2.50. The first-order valence-electron chi connectivity index (χ1n) is 5.86. The van der Waals surface area contributed by atoms with E-state index >= 15 is 0 Å². The Balaban J connectivity index is 2.30. The Labute approximate surface area is 111 Å². The van der Waals surface area contributed by atoms with Crippen LogP contribution in [0.3, 0.4) is 0 Å². The van der Waals surface area contributed by atoms with Gasteiger partial charge in [-0.2, -0.15) is 5.10 Å². The molecule has 1 aromatic carbocycles. The van der Waals surface area contributed by atoms with Crippen LogP contribution in [-0.4, -0.2) is 29.8 Å². The molecule has 19 heavy (non-hydrogen) atoms. The number of hydrogen-bond donors (Lipinski definition) is 2. The first-order valence-corrected chi connectivity index (χ1v) is 5.86. The average Bonchev–Trinajstić information content (AvgIpc) is 2.69. The quantitative estimate of drug-likeness (QED) is 0.871. The molecule has 2 rings (SSSR count). The number of nitrogens with two attached hydrogens (primary N) is 1. The Kier molecular flexibility index (Phi) is 3.41. The lowest BCUT2D eigenvalue weighted by Gasteiger charge is -2.17. The lowest BCUT2D eigenvalue weighted by Crippen LogP contribution is -2.20. The monoisotopic (exact) mass is 259 g/mol. The van der Waals surface area contributed by atoms with Crippen molar-refractivity contribution in [1.82, 2.24) is 9.78 Å². The molecule has 100 valence electrons. The second-order valence-corrected chi connectivity index (χ2v) is 4.44. The molecule has 0 unspecified atom stereocenters. The molecule has 0 bridgehead atoms. The second-order valence-electron chi connectivity index (χ2n) is 4.44. The number of nitrogen functional groups attached to an aromatic ring is 1. The fourth-order valence-corrected chi connectivity index (χ4v) is 1.88. The maximum atomic E-state index is 12.2. The molecule has 0 saturated heterocycles. The molecule has 1 aromatic heterocycles. The van der Waals surface area contributed by atoms with Gasteiger partial charge in [0, 0.05) is 21.1 Å². The number of benzene rings is 1. The summed E-state index contributed by atoms with van der Waals surface area (Å²) in [5.41, 5.74) is 8.12. The minimum atomic E-state index is -0.271. The molecule has 6 nitrogen and oxygen atoms in total. The zero-order valence-electron chi connectivity index (χ0n) is 11.2. The van der Waals surface area contributed by atoms with Gasteiger partial charge in [0.1, 0.15) is 5.69 Å². The van der Waals surface area contributed by atoms with Gasteiger partial charge in [-0.1, -0.05) is 12.1 Å². The van der Waals surface area contributed by atoms with Gasteiger partial charge in [0.2, 0.25) is 0 Å². The number of anilines is 3. The summed E-state index contributed by atoms with van der Waals surface area (Å²) in [5, 5.41) is 6.81. The number of aromatic nitrogens is 2. The van der Waals surface area contributed by atoms with Gasteiger partial charge in [0.05, 0.1) is 23.3 Å². The van der Waals surface area contributed by atoms with E-state index in [-0.39, 0.29) is 5.91 Å². The molecular weight excluding hydrogens is 242 g/mol. The van der Waals surface area contributed by atoms with E-state index in [9.17, 15) is 4.79 Å². The van der Waals surface area contributed by atoms with Crippen molar-refractivity contribution in [1.29, 1.82) is 0 Å². The van der Waals surface area contributed by atoms with Gasteiger partial charge >= 0.3 is 0 Å². The summed E-state index contributed by atoms with van der Waals surface area (Å²) in [5.74, 6) is -0.271. The molecule has 6 heteroatoms. The molecule has 0 saturated carbocycles. The zero-order chi connectivity index (χ0) is 14.0. The first-order chi connectivity index (χ1) is 9.00. The normalized spacial score (nSPS) is 10.3. The summed E-state index contributed by atoms with van der Waals surface area (Å²) in [4.78, 5) is 14.2. The number of para-hydroxylation sites is 2. The van der Waals surface area contributed by atoms with Crippen LogP contribution in [0.25, 0.3) is 0 Å². The molecule has 2 aromatic rings. The van der Waals surface area contributed by atoms with E-state index in [1.165, 1.54) is 10.9 Å². The third kappa shape index (κ3) is 2.52. The summed E-state index contributed by atoms with van der Waals surface area (Å²) in [6.07, 6.45) is 1.47. The van der Waals surface area contributed by atoms with E-state index in [0.29, 0.717) is 11.4 Å². The van der Waals surface area contributed by atoms with Gasteiger partial charge in [-0.3, -0.25) is 9.48 Å². The Bertz CT molecular complexity index is 583. The lowest BCUT2D eigenvalue weighted by molar-refractivity contribution is 0.101. The van der Waals surface area contributed by atoms with Crippen molar-refractivity contribution < 1.29 is 4.79 Å². The van der Waals surface area contributed by atoms with Gasteiger partial charge in [-0.15, -0.1) is 0 Å². The van der Waals surface area contributed by atoms with Crippen molar-refractivity contribution in [3.63, 3.8) is 0 Å². The SMILES string of the molecule is CN(C)c1ccccc1NC(=O)c1c(N)cnn1C. The highest BCUT2D eigenvalue weighted by Gasteiger charge is 2.16. The molecule has 0 fully saturated rings. The molecule has 3 N–H and O–H groups in total. The molecule has 0 aliphatic rings. The van der Waals surface area contributed by atoms with Crippen molar-refractivity contribution in [2.75, 3.05) is 30.0 Å². The minimum absolute atomic E-state index is 0.271. The smallest absolute Gasteiger partial charge is 0.276 e. The molecule has 0 aliphatic heterocycles. The van der Waals surface area contributed by atoms with E-state index in [0.717, 1.165) is 11.4 Å².